The molecule has 35 heavy (non-hydrogen) atoms. The molecule has 184 valence electrons. The van der Waals surface area contributed by atoms with Gasteiger partial charge in [-0.2, -0.15) is 10.6 Å². The molecule has 1 saturated heterocycles. The fourth-order valence-electron chi connectivity index (χ4n) is 5.20. The molecule has 2 aromatic heterocycles. The number of ether oxygens (including phenoxy) is 1. The highest BCUT2D eigenvalue weighted by molar-refractivity contribution is 6.01. The van der Waals surface area contributed by atoms with Gasteiger partial charge >= 0.3 is 5.97 Å². The molecule has 1 aliphatic carbocycles. The highest BCUT2D eigenvalue weighted by atomic mass is 19.1. The number of methoxy groups -OCH3 is 1. The Morgan fingerprint density at radius 2 is 1.91 bits per heavy atom. The van der Waals surface area contributed by atoms with Crippen molar-refractivity contribution in [3.8, 4) is 5.75 Å². The molecule has 1 N–H and O–H groups in total. The van der Waals surface area contributed by atoms with Crippen LogP contribution in [0.5, 0.6) is 5.75 Å². The summed E-state index contributed by atoms with van der Waals surface area (Å²) >= 11 is 0. The quantitative estimate of drug-likeness (QED) is 0.538. The molecule has 0 bridgehead atoms. The first-order valence-electron chi connectivity index (χ1n) is 12.1. The van der Waals surface area contributed by atoms with Crippen molar-refractivity contribution < 1.29 is 23.6 Å². The lowest BCUT2D eigenvalue weighted by atomic mass is 9.89. The minimum absolute atomic E-state index is 0.149. The van der Waals surface area contributed by atoms with Crippen molar-refractivity contribution in [1.82, 2.24) is 15.1 Å². The third kappa shape index (κ3) is 4.67. The third-order valence-corrected chi connectivity index (χ3v) is 7.08. The van der Waals surface area contributed by atoms with E-state index in [0.29, 0.717) is 22.4 Å². The Morgan fingerprint density at radius 1 is 1.09 bits per heavy atom. The van der Waals surface area contributed by atoms with Gasteiger partial charge in [-0.15, -0.1) is 0 Å². The van der Waals surface area contributed by atoms with Crippen LogP contribution in [0.4, 0.5) is 10.1 Å². The average molecular weight is 481 g/mol. The fraction of sp³-hybridized carbons (Fsp3) is 0.423. The van der Waals surface area contributed by atoms with Crippen LogP contribution in [0.1, 0.15) is 66.9 Å². The molecule has 3 aromatic rings. The Morgan fingerprint density at radius 3 is 2.71 bits per heavy atom. The van der Waals surface area contributed by atoms with E-state index in [4.69, 9.17) is 9.57 Å². The molecule has 1 atom stereocenters. The van der Waals surface area contributed by atoms with Crippen molar-refractivity contribution in [3.05, 3.63) is 59.7 Å². The van der Waals surface area contributed by atoms with Crippen LogP contribution in [0.2, 0.25) is 0 Å². The van der Waals surface area contributed by atoms with E-state index < -0.39 is 11.9 Å². The van der Waals surface area contributed by atoms with Crippen LogP contribution in [0.25, 0.3) is 5.52 Å². The average Bonchev–Trinajstić information content (AvgIpc) is 3.55. The first-order chi connectivity index (χ1) is 17.0. The second-order valence-electron chi connectivity index (χ2n) is 9.20. The Kier molecular flexibility index (Phi) is 6.57. The van der Waals surface area contributed by atoms with Gasteiger partial charge < -0.3 is 14.5 Å². The van der Waals surface area contributed by atoms with E-state index in [1.807, 2.05) is 12.1 Å². The zero-order chi connectivity index (χ0) is 24.4. The summed E-state index contributed by atoms with van der Waals surface area (Å²) in [6.07, 6.45) is 9.65. The van der Waals surface area contributed by atoms with E-state index >= 15 is 0 Å². The summed E-state index contributed by atoms with van der Waals surface area (Å²) in [6.45, 7) is 0.756. The van der Waals surface area contributed by atoms with Crippen LogP contribution < -0.4 is 15.1 Å². The third-order valence-electron chi connectivity index (χ3n) is 7.08. The van der Waals surface area contributed by atoms with Gasteiger partial charge in [0.1, 0.15) is 11.6 Å². The molecular weight excluding hydrogens is 451 g/mol. The maximum Gasteiger partial charge on any atom is 0.335 e. The highest BCUT2D eigenvalue weighted by Gasteiger charge is 2.30. The minimum atomic E-state index is -0.530. The number of halogens is 1. The van der Waals surface area contributed by atoms with E-state index in [2.05, 4.69) is 15.5 Å². The van der Waals surface area contributed by atoms with Gasteiger partial charge in [0.15, 0.2) is 0 Å². The van der Waals surface area contributed by atoms with Crippen LogP contribution in [-0.4, -0.2) is 35.1 Å². The number of hydrogen-bond donors (Lipinski definition) is 1. The molecule has 3 heterocycles. The first kappa shape index (κ1) is 23.1. The normalized spacial score (nSPS) is 18.6. The van der Waals surface area contributed by atoms with Gasteiger partial charge in [-0.05, 0) is 56.0 Å². The van der Waals surface area contributed by atoms with E-state index in [1.54, 1.807) is 30.0 Å². The molecule has 0 spiro atoms. The fourth-order valence-corrected chi connectivity index (χ4v) is 5.20. The number of hydroxylamine groups is 1. The smallest absolute Gasteiger partial charge is 0.335 e. The van der Waals surface area contributed by atoms with E-state index in [0.717, 1.165) is 57.2 Å². The predicted octanol–water partition coefficient (Wildman–Crippen LogP) is 4.59. The number of nitrogens with zero attached hydrogens (tertiary/aromatic N) is 3. The number of aromatic nitrogens is 2. The summed E-state index contributed by atoms with van der Waals surface area (Å²) in [7, 11) is 1.57. The SMILES string of the molecule is COc1ccc(F)c([C@H]2CCCN2c2ccn3ncc(C(=O)NOC(=O)C4CCCCC4)c3c2)c1. The molecular formula is C26H29FN4O4. The van der Waals surface area contributed by atoms with Crippen molar-refractivity contribution in [2.45, 2.75) is 51.0 Å². The van der Waals surface area contributed by atoms with Gasteiger partial charge in [-0.25, -0.2) is 13.7 Å². The largest absolute Gasteiger partial charge is 0.497 e. The van der Waals surface area contributed by atoms with Crippen LogP contribution >= 0.6 is 0 Å². The highest BCUT2D eigenvalue weighted by Crippen LogP contribution is 2.39. The van der Waals surface area contributed by atoms with Crippen molar-refractivity contribution in [2.75, 3.05) is 18.6 Å². The maximum absolute atomic E-state index is 14.7. The molecule has 9 heteroatoms. The number of amides is 1. The summed E-state index contributed by atoms with van der Waals surface area (Å²) < 4.78 is 21.6. The number of rotatable bonds is 5. The summed E-state index contributed by atoms with van der Waals surface area (Å²) in [5, 5.41) is 4.26. The van der Waals surface area contributed by atoms with E-state index in [-0.39, 0.29) is 17.8 Å². The van der Waals surface area contributed by atoms with E-state index in [9.17, 15) is 14.0 Å². The molecule has 2 aliphatic rings. The molecule has 5 rings (SSSR count). The van der Waals surface area contributed by atoms with Gasteiger partial charge in [0, 0.05) is 24.0 Å². The minimum Gasteiger partial charge on any atom is -0.497 e. The van der Waals surface area contributed by atoms with Crippen molar-refractivity contribution in [3.63, 3.8) is 0 Å². The topological polar surface area (TPSA) is 85.2 Å². The zero-order valence-corrected chi connectivity index (χ0v) is 19.7. The van der Waals surface area contributed by atoms with Crippen LogP contribution in [-0.2, 0) is 9.63 Å². The monoisotopic (exact) mass is 480 g/mol. The van der Waals surface area contributed by atoms with Gasteiger partial charge in [-0.3, -0.25) is 4.79 Å². The number of carbonyl (C=O) groups is 2. The summed E-state index contributed by atoms with van der Waals surface area (Å²) in [6, 6.07) is 8.41. The molecule has 1 saturated carbocycles. The van der Waals surface area contributed by atoms with Crippen LogP contribution in [0, 0.1) is 11.7 Å². The summed E-state index contributed by atoms with van der Waals surface area (Å²) in [5.41, 5.74) is 4.61. The molecule has 1 aromatic carbocycles. The number of benzene rings is 1. The number of anilines is 1. The number of pyridine rings is 1. The number of carbonyl (C=O) groups excluding carboxylic acids is 2. The second kappa shape index (κ2) is 9.93. The van der Waals surface area contributed by atoms with Gasteiger partial charge in [-0.1, -0.05) is 19.3 Å². The number of hydrogen-bond acceptors (Lipinski definition) is 6. The molecule has 1 amide bonds. The Bertz CT molecular complexity index is 1240. The number of nitrogens with one attached hydrogen (secondary N) is 1. The van der Waals surface area contributed by atoms with Crippen molar-refractivity contribution >= 4 is 23.1 Å². The summed E-state index contributed by atoms with van der Waals surface area (Å²) in [5.74, 6) is -0.744. The second-order valence-corrected chi connectivity index (χ2v) is 9.20. The molecule has 0 unspecified atom stereocenters. The van der Waals surface area contributed by atoms with Crippen LogP contribution in [0.15, 0.2) is 42.7 Å². The van der Waals surface area contributed by atoms with Crippen LogP contribution in [0.3, 0.4) is 0 Å². The predicted molar refractivity (Wildman–Crippen MR) is 128 cm³/mol. The lowest BCUT2D eigenvalue weighted by molar-refractivity contribution is -0.155. The van der Waals surface area contributed by atoms with Gasteiger partial charge in [0.2, 0.25) is 0 Å². The van der Waals surface area contributed by atoms with Crippen molar-refractivity contribution in [2.24, 2.45) is 5.92 Å². The van der Waals surface area contributed by atoms with Gasteiger partial charge in [0.05, 0.1) is 36.3 Å². The lowest BCUT2D eigenvalue weighted by Crippen LogP contribution is -2.31. The molecule has 0 radical (unpaired) electrons. The standard InChI is InChI=1S/C26H29FN4O4/c1-34-19-9-10-22(27)20(15-19)23-8-5-12-30(23)18-11-13-31-24(14-18)21(16-28-31)25(32)29-35-26(33)17-6-3-2-4-7-17/h9-11,13-17,23H,2-8,12H2,1H3,(H,29,32)/t23-/m1/s1. The Balaban J connectivity index is 1.36. The van der Waals surface area contributed by atoms with E-state index in [1.165, 1.54) is 12.3 Å². The first-order valence-corrected chi connectivity index (χ1v) is 12.1. The Hall–Kier alpha value is -3.62. The maximum atomic E-state index is 14.7. The molecule has 2 fully saturated rings. The molecule has 8 nitrogen and oxygen atoms in total. The summed E-state index contributed by atoms with van der Waals surface area (Å²) in [4.78, 5) is 32.4. The Labute approximate surface area is 203 Å². The van der Waals surface area contributed by atoms with Gasteiger partial charge in [0.25, 0.3) is 5.91 Å². The molecule has 1 aliphatic heterocycles. The number of fused-ring (bicyclic) bond motifs is 1. The zero-order valence-electron chi connectivity index (χ0n) is 19.7. The van der Waals surface area contributed by atoms with Crippen molar-refractivity contribution in [1.29, 1.82) is 0 Å². The lowest BCUT2D eigenvalue weighted by Gasteiger charge is -2.28.